The van der Waals surface area contributed by atoms with Crippen LogP contribution < -0.4 is 9.47 Å². The lowest BCUT2D eigenvalue weighted by Gasteiger charge is -2.35. The van der Waals surface area contributed by atoms with E-state index in [2.05, 4.69) is 23.1 Å². The minimum Gasteiger partial charge on any atom is -0.486 e. The average Bonchev–Trinajstić information content (AvgIpc) is 2.70. The van der Waals surface area contributed by atoms with Crippen molar-refractivity contribution in [1.82, 2.24) is 9.80 Å². The molecule has 27 heavy (non-hydrogen) atoms. The van der Waals surface area contributed by atoms with Crippen LogP contribution in [0.5, 0.6) is 11.5 Å². The summed E-state index contributed by atoms with van der Waals surface area (Å²) in [7, 11) is 0. The van der Waals surface area contributed by atoms with Gasteiger partial charge in [-0.1, -0.05) is 23.8 Å². The van der Waals surface area contributed by atoms with Crippen LogP contribution in [0, 0.1) is 13.8 Å². The third-order valence-corrected chi connectivity index (χ3v) is 5.30. The smallest absolute Gasteiger partial charge is 0.254 e. The van der Waals surface area contributed by atoms with E-state index in [4.69, 9.17) is 9.47 Å². The van der Waals surface area contributed by atoms with Crippen molar-refractivity contribution < 1.29 is 14.3 Å². The fourth-order valence-corrected chi connectivity index (χ4v) is 3.69. The molecule has 0 radical (unpaired) electrons. The van der Waals surface area contributed by atoms with Gasteiger partial charge >= 0.3 is 0 Å². The van der Waals surface area contributed by atoms with Gasteiger partial charge in [0.1, 0.15) is 13.2 Å². The Kier molecular flexibility index (Phi) is 5.03. The summed E-state index contributed by atoms with van der Waals surface area (Å²) >= 11 is 0. The van der Waals surface area contributed by atoms with Crippen molar-refractivity contribution in [3.63, 3.8) is 0 Å². The monoisotopic (exact) mass is 366 g/mol. The van der Waals surface area contributed by atoms with Crippen LogP contribution in [0.3, 0.4) is 0 Å². The van der Waals surface area contributed by atoms with Gasteiger partial charge in [-0.2, -0.15) is 0 Å². The number of rotatable bonds is 3. The molecule has 2 aromatic rings. The molecule has 0 aromatic heterocycles. The summed E-state index contributed by atoms with van der Waals surface area (Å²) in [6.45, 7) is 9.40. The molecule has 2 aromatic carbocycles. The van der Waals surface area contributed by atoms with Crippen LogP contribution in [-0.2, 0) is 6.54 Å². The van der Waals surface area contributed by atoms with E-state index in [1.54, 1.807) is 0 Å². The van der Waals surface area contributed by atoms with Crippen LogP contribution in [0.4, 0.5) is 0 Å². The Hall–Kier alpha value is -2.53. The summed E-state index contributed by atoms with van der Waals surface area (Å²) < 4.78 is 11.3. The highest BCUT2D eigenvalue weighted by molar-refractivity contribution is 5.95. The highest BCUT2D eigenvalue weighted by Gasteiger charge is 2.23. The maximum Gasteiger partial charge on any atom is 0.254 e. The molecule has 4 rings (SSSR count). The van der Waals surface area contributed by atoms with Crippen molar-refractivity contribution in [1.29, 1.82) is 0 Å². The number of ether oxygens (including phenoxy) is 2. The van der Waals surface area contributed by atoms with Crippen molar-refractivity contribution in [2.75, 3.05) is 39.4 Å². The molecule has 2 heterocycles. The molecular weight excluding hydrogens is 340 g/mol. The molecule has 1 amide bonds. The zero-order valence-corrected chi connectivity index (χ0v) is 16.0. The largest absolute Gasteiger partial charge is 0.486 e. The van der Waals surface area contributed by atoms with Crippen LogP contribution in [0.15, 0.2) is 36.4 Å². The average molecular weight is 366 g/mol. The fraction of sp³-hybridized carbons (Fsp3) is 0.409. The van der Waals surface area contributed by atoms with Crippen molar-refractivity contribution >= 4 is 5.91 Å². The van der Waals surface area contributed by atoms with Crippen LogP contribution in [-0.4, -0.2) is 55.1 Å². The third-order valence-electron chi connectivity index (χ3n) is 5.30. The van der Waals surface area contributed by atoms with E-state index in [1.165, 1.54) is 5.56 Å². The molecule has 0 aliphatic carbocycles. The van der Waals surface area contributed by atoms with Gasteiger partial charge in [-0.05, 0) is 43.2 Å². The Labute approximate surface area is 160 Å². The van der Waals surface area contributed by atoms with Crippen LogP contribution in [0.2, 0.25) is 0 Å². The Morgan fingerprint density at radius 3 is 2.44 bits per heavy atom. The lowest BCUT2D eigenvalue weighted by atomic mass is 10.0. The summed E-state index contributed by atoms with van der Waals surface area (Å²) in [6.07, 6.45) is 0. The molecule has 1 fully saturated rings. The zero-order valence-electron chi connectivity index (χ0n) is 16.0. The van der Waals surface area contributed by atoms with Crippen molar-refractivity contribution in [2.45, 2.75) is 20.4 Å². The van der Waals surface area contributed by atoms with Gasteiger partial charge in [-0.15, -0.1) is 0 Å². The first-order valence-electron chi connectivity index (χ1n) is 9.57. The molecule has 0 unspecified atom stereocenters. The first kappa shape index (κ1) is 17.9. The van der Waals surface area contributed by atoms with Gasteiger partial charge in [0.25, 0.3) is 5.91 Å². The van der Waals surface area contributed by atoms with Gasteiger partial charge in [-0.25, -0.2) is 0 Å². The lowest BCUT2D eigenvalue weighted by Crippen LogP contribution is -2.48. The first-order chi connectivity index (χ1) is 13.1. The van der Waals surface area contributed by atoms with Gasteiger partial charge in [-0.3, -0.25) is 9.69 Å². The fourth-order valence-electron chi connectivity index (χ4n) is 3.69. The first-order valence-corrected chi connectivity index (χ1v) is 9.57. The highest BCUT2D eigenvalue weighted by Crippen LogP contribution is 2.31. The molecule has 0 N–H and O–H groups in total. The summed E-state index contributed by atoms with van der Waals surface area (Å²) in [4.78, 5) is 17.2. The van der Waals surface area contributed by atoms with Gasteiger partial charge in [0.05, 0.1) is 0 Å². The number of hydrogen-bond donors (Lipinski definition) is 0. The number of carbonyl (C=O) groups is 1. The number of piperazine rings is 1. The standard InChI is InChI=1S/C22H26N2O3/c1-16-3-4-17(2)19(13-16)22(25)24-9-7-23(8-10-24)15-18-5-6-20-21(14-18)27-12-11-26-20/h3-6,13-14H,7-12,15H2,1-2H3. The van der Waals surface area contributed by atoms with Gasteiger partial charge in [0.2, 0.25) is 0 Å². The second-order valence-corrected chi connectivity index (χ2v) is 7.36. The van der Waals surface area contributed by atoms with Gasteiger partial charge < -0.3 is 14.4 Å². The molecule has 0 spiro atoms. The van der Waals surface area contributed by atoms with Gasteiger partial charge in [0.15, 0.2) is 11.5 Å². The molecule has 5 nitrogen and oxygen atoms in total. The second-order valence-electron chi connectivity index (χ2n) is 7.36. The minimum atomic E-state index is 0.148. The normalized spacial score (nSPS) is 17.0. The van der Waals surface area contributed by atoms with Gasteiger partial charge in [0, 0.05) is 38.3 Å². The SMILES string of the molecule is Cc1ccc(C)c(C(=O)N2CCN(Cc3ccc4c(c3)OCCO4)CC2)c1. The predicted octanol–water partition coefficient (Wildman–Crippen LogP) is 3.03. The van der Waals surface area contributed by atoms with Crippen LogP contribution >= 0.6 is 0 Å². The summed E-state index contributed by atoms with van der Waals surface area (Å²) in [5.41, 5.74) is 4.22. The number of hydrogen-bond acceptors (Lipinski definition) is 4. The predicted molar refractivity (Wildman–Crippen MR) is 105 cm³/mol. The molecular formula is C22H26N2O3. The van der Waals surface area contributed by atoms with Crippen molar-refractivity contribution in [3.8, 4) is 11.5 Å². The number of carbonyl (C=O) groups excluding carboxylic acids is 1. The van der Waals surface area contributed by atoms with E-state index in [0.717, 1.165) is 60.9 Å². The van der Waals surface area contributed by atoms with Crippen LogP contribution in [0.25, 0.3) is 0 Å². The maximum absolute atomic E-state index is 12.9. The second kappa shape index (κ2) is 7.61. The van der Waals surface area contributed by atoms with E-state index in [1.807, 2.05) is 36.9 Å². The zero-order chi connectivity index (χ0) is 18.8. The molecule has 2 aliphatic heterocycles. The Balaban J connectivity index is 1.36. The maximum atomic E-state index is 12.9. The summed E-state index contributed by atoms with van der Waals surface area (Å²) in [6, 6.07) is 12.2. The van der Waals surface area contributed by atoms with E-state index < -0.39 is 0 Å². The number of amides is 1. The number of aryl methyl sites for hydroxylation is 2. The number of nitrogens with zero attached hydrogens (tertiary/aromatic N) is 2. The third kappa shape index (κ3) is 3.93. The van der Waals surface area contributed by atoms with Crippen molar-refractivity contribution in [3.05, 3.63) is 58.7 Å². The molecule has 0 saturated carbocycles. The van der Waals surface area contributed by atoms with E-state index >= 15 is 0 Å². The highest BCUT2D eigenvalue weighted by atomic mass is 16.6. The molecule has 142 valence electrons. The molecule has 1 saturated heterocycles. The summed E-state index contributed by atoms with van der Waals surface area (Å²) in [5.74, 6) is 1.81. The minimum absolute atomic E-state index is 0.148. The van der Waals surface area contributed by atoms with Crippen LogP contribution in [0.1, 0.15) is 27.0 Å². The summed E-state index contributed by atoms with van der Waals surface area (Å²) in [5, 5.41) is 0. The quantitative estimate of drug-likeness (QED) is 0.837. The molecule has 5 heteroatoms. The number of fused-ring (bicyclic) bond motifs is 1. The van der Waals surface area contributed by atoms with E-state index in [9.17, 15) is 4.79 Å². The Morgan fingerprint density at radius 1 is 0.926 bits per heavy atom. The molecule has 0 atom stereocenters. The molecule has 2 aliphatic rings. The number of benzene rings is 2. The Bertz CT molecular complexity index is 841. The Morgan fingerprint density at radius 2 is 1.67 bits per heavy atom. The molecule has 0 bridgehead atoms. The lowest BCUT2D eigenvalue weighted by molar-refractivity contribution is 0.0627. The van der Waals surface area contributed by atoms with E-state index in [0.29, 0.717) is 13.2 Å². The topological polar surface area (TPSA) is 42.0 Å². The van der Waals surface area contributed by atoms with Crippen molar-refractivity contribution in [2.24, 2.45) is 0 Å². The van der Waals surface area contributed by atoms with E-state index in [-0.39, 0.29) is 5.91 Å².